The average Bonchev–Trinajstić information content (AvgIpc) is 2.68. The van der Waals surface area contributed by atoms with E-state index in [0.29, 0.717) is 5.56 Å². The lowest BCUT2D eigenvalue weighted by molar-refractivity contribution is -0.129. The van der Waals surface area contributed by atoms with Crippen LogP contribution >= 0.6 is 12.2 Å². The molecule has 6 nitrogen and oxygen atoms in total. The first-order valence-corrected chi connectivity index (χ1v) is 10.0. The number of nitrogens with zero attached hydrogens (tertiary/aromatic N) is 2. The van der Waals surface area contributed by atoms with Crippen molar-refractivity contribution >= 4 is 40.5 Å². The number of aryl methyl sites for hydroxylation is 2. The third-order valence-electron chi connectivity index (χ3n) is 4.93. The number of hydrogen-bond donors (Lipinski definition) is 2. The molecular formula is C22H26N4O2S. The van der Waals surface area contributed by atoms with Gasteiger partial charge in [-0.15, -0.1) is 0 Å². The summed E-state index contributed by atoms with van der Waals surface area (Å²) in [5.74, 6) is -0.102. The van der Waals surface area contributed by atoms with Crippen LogP contribution in [0, 0.1) is 13.8 Å². The summed E-state index contributed by atoms with van der Waals surface area (Å²) in [6.07, 6.45) is 0. The largest absolute Gasteiger partial charge is 0.368 e. The molecule has 0 radical (unpaired) electrons. The van der Waals surface area contributed by atoms with Gasteiger partial charge in [-0.05, 0) is 62.5 Å². The molecule has 0 atom stereocenters. The molecule has 1 aliphatic rings. The van der Waals surface area contributed by atoms with Crippen LogP contribution in [0.15, 0.2) is 42.5 Å². The van der Waals surface area contributed by atoms with Gasteiger partial charge in [-0.1, -0.05) is 17.2 Å². The topological polar surface area (TPSA) is 64.7 Å². The first kappa shape index (κ1) is 20.8. The van der Waals surface area contributed by atoms with Gasteiger partial charge in [0.1, 0.15) is 0 Å². The molecule has 2 amide bonds. The number of carbonyl (C=O) groups excluding carboxylic acids is 2. The van der Waals surface area contributed by atoms with Crippen LogP contribution in [-0.4, -0.2) is 48.0 Å². The minimum atomic E-state index is -0.228. The van der Waals surface area contributed by atoms with Crippen LogP contribution < -0.4 is 15.5 Å². The average molecular weight is 411 g/mol. The second-order valence-corrected chi connectivity index (χ2v) is 7.73. The Morgan fingerprint density at radius 2 is 1.52 bits per heavy atom. The monoisotopic (exact) mass is 410 g/mol. The van der Waals surface area contributed by atoms with E-state index in [1.165, 1.54) is 0 Å². The molecule has 0 unspecified atom stereocenters. The van der Waals surface area contributed by atoms with Crippen molar-refractivity contribution in [3.8, 4) is 0 Å². The molecule has 3 rings (SSSR count). The Bertz CT molecular complexity index is 899. The predicted molar refractivity (Wildman–Crippen MR) is 121 cm³/mol. The summed E-state index contributed by atoms with van der Waals surface area (Å²) < 4.78 is 0. The molecule has 0 aromatic heterocycles. The van der Waals surface area contributed by atoms with Crippen molar-refractivity contribution < 1.29 is 9.59 Å². The van der Waals surface area contributed by atoms with E-state index in [-0.39, 0.29) is 16.9 Å². The summed E-state index contributed by atoms with van der Waals surface area (Å²) in [5, 5.41) is 6.04. The van der Waals surface area contributed by atoms with Crippen LogP contribution in [0.2, 0.25) is 0 Å². The lowest BCUT2D eigenvalue weighted by Crippen LogP contribution is -2.48. The lowest BCUT2D eigenvalue weighted by Gasteiger charge is -2.35. The quantitative estimate of drug-likeness (QED) is 0.762. The fraction of sp³-hybridized carbons (Fsp3) is 0.318. The van der Waals surface area contributed by atoms with Crippen molar-refractivity contribution in [1.29, 1.82) is 0 Å². The molecular weight excluding hydrogens is 384 g/mol. The summed E-state index contributed by atoms with van der Waals surface area (Å²) in [6.45, 7) is 8.64. The van der Waals surface area contributed by atoms with E-state index in [1.54, 1.807) is 6.92 Å². The smallest absolute Gasteiger partial charge is 0.257 e. The van der Waals surface area contributed by atoms with Crippen molar-refractivity contribution in [2.24, 2.45) is 0 Å². The predicted octanol–water partition coefficient (Wildman–Crippen LogP) is 3.10. The Morgan fingerprint density at radius 3 is 2.07 bits per heavy atom. The molecule has 0 bridgehead atoms. The standard InChI is InChI=1S/C22H26N4O2S/c1-15-12-16(2)14-18(13-15)21(28)24-22(29)23-19-4-6-20(7-5-19)26-10-8-25(9-11-26)17(3)27/h4-7,12-14H,8-11H2,1-3H3,(H2,23,24,28,29). The first-order chi connectivity index (χ1) is 13.8. The van der Waals surface area contributed by atoms with Gasteiger partial charge in [0.2, 0.25) is 5.91 Å². The van der Waals surface area contributed by atoms with Crippen molar-refractivity contribution in [2.75, 3.05) is 36.4 Å². The molecule has 152 valence electrons. The van der Waals surface area contributed by atoms with Gasteiger partial charge in [0.25, 0.3) is 5.91 Å². The van der Waals surface area contributed by atoms with Crippen molar-refractivity contribution in [1.82, 2.24) is 10.2 Å². The molecule has 29 heavy (non-hydrogen) atoms. The highest BCUT2D eigenvalue weighted by atomic mass is 32.1. The maximum atomic E-state index is 12.4. The SMILES string of the molecule is CC(=O)N1CCN(c2ccc(NC(=S)NC(=O)c3cc(C)cc(C)c3)cc2)CC1. The van der Waals surface area contributed by atoms with E-state index in [9.17, 15) is 9.59 Å². The molecule has 1 heterocycles. The molecule has 1 saturated heterocycles. The Labute approximate surface area is 176 Å². The highest BCUT2D eigenvalue weighted by molar-refractivity contribution is 7.80. The van der Waals surface area contributed by atoms with E-state index in [2.05, 4.69) is 15.5 Å². The summed E-state index contributed by atoms with van der Waals surface area (Å²) in [5.41, 5.74) is 4.57. The number of carbonyl (C=O) groups is 2. The molecule has 1 fully saturated rings. The molecule has 2 N–H and O–H groups in total. The normalized spacial score (nSPS) is 13.8. The molecule has 7 heteroatoms. The van der Waals surface area contributed by atoms with Crippen LogP contribution in [0.5, 0.6) is 0 Å². The van der Waals surface area contributed by atoms with Crippen LogP contribution in [0.4, 0.5) is 11.4 Å². The summed E-state index contributed by atoms with van der Waals surface area (Å²) >= 11 is 5.28. The zero-order chi connectivity index (χ0) is 21.0. The molecule has 2 aromatic carbocycles. The number of benzene rings is 2. The summed E-state index contributed by atoms with van der Waals surface area (Å²) in [7, 11) is 0. The highest BCUT2D eigenvalue weighted by Gasteiger charge is 2.18. The van der Waals surface area contributed by atoms with E-state index in [0.717, 1.165) is 48.7 Å². The van der Waals surface area contributed by atoms with Gasteiger partial charge >= 0.3 is 0 Å². The van der Waals surface area contributed by atoms with Gasteiger partial charge in [0.05, 0.1) is 0 Å². The van der Waals surface area contributed by atoms with Crippen molar-refractivity contribution in [2.45, 2.75) is 20.8 Å². The molecule has 0 aliphatic carbocycles. The van der Waals surface area contributed by atoms with E-state index < -0.39 is 0 Å². The van der Waals surface area contributed by atoms with Crippen LogP contribution in [-0.2, 0) is 4.79 Å². The Balaban J connectivity index is 1.55. The number of thiocarbonyl (C=S) groups is 1. The van der Waals surface area contributed by atoms with Crippen molar-refractivity contribution in [3.05, 3.63) is 59.2 Å². The lowest BCUT2D eigenvalue weighted by atomic mass is 10.1. The van der Waals surface area contributed by atoms with E-state index in [1.807, 2.05) is 61.2 Å². The van der Waals surface area contributed by atoms with Crippen LogP contribution in [0.25, 0.3) is 0 Å². The molecule has 1 aliphatic heterocycles. The Kier molecular flexibility index (Phi) is 6.49. The Morgan fingerprint density at radius 1 is 0.931 bits per heavy atom. The zero-order valence-corrected chi connectivity index (χ0v) is 17.8. The van der Waals surface area contributed by atoms with Gasteiger partial charge in [-0.3, -0.25) is 14.9 Å². The second kappa shape index (κ2) is 9.05. The number of piperazine rings is 1. The Hall–Kier alpha value is -2.93. The second-order valence-electron chi connectivity index (χ2n) is 7.32. The summed E-state index contributed by atoms with van der Waals surface area (Å²) in [6, 6.07) is 13.6. The number of rotatable bonds is 3. The van der Waals surface area contributed by atoms with Gasteiger partial charge < -0.3 is 15.1 Å². The summed E-state index contributed by atoms with van der Waals surface area (Å²) in [4.78, 5) is 28.0. The third-order valence-corrected chi connectivity index (χ3v) is 5.13. The zero-order valence-electron chi connectivity index (χ0n) is 17.0. The fourth-order valence-corrected chi connectivity index (χ4v) is 3.69. The number of amides is 2. The number of nitrogens with one attached hydrogen (secondary N) is 2. The number of hydrogen-bond acceptors (Lipinski definition) is 4. The van der Waals surface area contributed by atoms with Crippen LogP contribution in [0.1, 0.15) is 28.4 Å². The fourth-order valence-electron chi connectivity index (χ4n) is 3.48. The maximum Gasteiger partial charge on any atom is 0.257 e. The molecule has 0 spiro atoms. The maximum absolute atomic E-state index is 12.4. The molecule has 0 saturated carbocycles. The van der Waals surface area contributed by atoms with E-state index in [4.69, 9.17) is 12.2 Å². The van der Waals surface area contributed by atoms with Crippen molar-refractivity contribution in [3.63, 3.8) is 0 Å². The first-order valence-electron chi connectivity index (χ1n) is 9.63. The minimum absolute atomic E-state index is 0.126. The minimum Gasteiger partial charge on any atom is -0.368 e. The third kappa shape index (κ3) is 5.54. The van der Waals surface area contributed by atoms with Gasteiger partial charge in [-0.2, -0.15) is 0 Å². The highest BCUT2D eigenvalue weighted by Crippen LogP contribution is 2.19. The molecule has 2 aromatic rings. The van der Waals surface area contributed by atoms with Crippen LogP contribution in [0.3, 0.4) is 0 Å². The van der Waals surface area contributed by atoms with Gasteiger partial charge in [0, 0.05) is 50.0 Å². The van der Waals surface area contributed by atoms with Gasteiger partial charge in [0.15, 0.2) is 5.11 Å². The van der Waals surface area contributed by atoms with Gasteiger partial charge in [-0.25, -0.2) is 0 Å². The van der Waals surface area contributed by atoms with E-state index >= 15 is 0 Å². The number of anilines is 2.